The lowest BCUT2D eigenvalue weighted by molar-refractivity contribution is -0.120. The van der Waals surface area contributed by atoms with Crippen molar-refractivity contribution in [3.8, 4) is 11.5 Å². The molecule has 70 valence electrons. The Kier molecular flexibility index (Phi) is 2.07. The SMILES string of the molecule is O=COc1ccc2cc(O)ccc2c1. The first kappa shape index (κ1) is 8.56. The average molecular weight is 188 g/mol. The molecule has 0 amide bonds. The molecule has 0 bridgehead atoms. The Morgan fingerprint density at radius 2 is 1.79 bits per heavy atom. The van der Waals surface area contributed by atoms with E-state index in [0.29, 0.717) is 12.2 Å². The number of carbonyl (C=O) groups excluding carboxylic acids is 1. The molecule has 0 atom stereocenters. The number of hydrogen-bond donors (Lipinski definition) is 1. The molecule has 0 aromatic heterocycles. The van der Waals surface area contributed by atoms with E-state index in [0.717, 1.165) is 10.8 Å². The molecule has 2 aromatic rings. The molecular formula is C11H8O3. The minimum atomic E-state index is 0.224. The lowest BCUT2D eigenvalue weighted by Crippen LogP contribution is -1.87. The molecule has 3 nitrogen and oxygen atoms in total. The molecule has 0 saturated heterocycles. The van der Waals surface area contributed by atoms with Crippen LogP contribution in [0.5, 0.6) is 11.5 Å². The fourth-order valence-electron chi connectivity index (χ4n) is 1.34. The molecule has 3 heteroatoms. The summed E-state index contributed by atoms with van der Waals surface area (Å²) in [5.41, 5.74) is 0. The van der Waals surface area contributed by atoms with Gasteiger partial charge in [0.05, 0.1) is 0 Å². The van der Waals surface area contributed by atoms with Gasteiger partial charge in [0.2, 0.25) is 0 Å². The second kappa shape index (κ2) is 3.38. The van der Waals surface area contributed by atoms with Crippen molar-refractivity contribution in [2.45, 2.75) is 0 Å². The maximum atomic E-state index is 10.1. The number of rotatable bonds is 2. The number of phenols is 1. The summed E-state index contributed by atoms with van der Waals surface area (Å²) >= 11 is 0. The number of fused-ring (bicyclic) bond motifs is 1. The van der Waals surface area contributed by atoms with Crippen molar-refractivity contribution in [3.63, 3.8) is 0 Å². The minimum absolute atomic E-state index is 0.224. The number of ether oxygens (including phenoxy) is 1. The summed E-state index contributed by atoms with van der Waals surface area (Å²) in [5.74, 6) is 0.722. The topological polar surface area (TPSA) is 46.5 Å². The molecule has 2 aromatic carbocycles. The quantitative estimate of drug-likeness (QED) is 0.734. The van der Waals surface area contributed by atoms with E-state index in [1.807, 2.05) is 0 Å². The van der Waals surface area contributed by atoms with Crippen LogP contribution < -0.4 is 4.74 Å². The molecule has 2 rings (SSSR count). The van der Waals surface area contributed by atoms with Gasteiger partial charge in [-0.05, 0) is 35.0 Å². The number of phenolic OH excluding ortho intramolecular Hbond substituents is 1. The van der Waals surface area contributed by atoms with E-state index in [9.17, 15) is 9.90 Å². The Bertz CT molecular complexity index is 477. The zero-order valence-corrected chi connectivity index (χ0v) is 7.31. The van der Waals surface area contributed by atoms with Crippen LogP contribution >= 0.6 is 0 Å². The van der Waals surface area contributed by atoms with E-state index in [-0.39, 0.29) is 5.75 Å². The van der Waals surface area contributed by atoms with E-state index in [4.69, 9.17) is 4.74 Å². The summed E-state index contributed by atoms with van der Waals surface area (Å²) in [6, 6.07) is 10.2. The van der Waals surface area contributed by atoms with Crippen molar-refractivity contribution >= 4 is 17.2 Å². The molecule has 0 saturated carbocycles. The van der Waals surface area contributed by atoms with Gasteiger partial charge in [-0.3, -0.25) is 4.79 Å². The highest BCUT2D eigenvalue weighted by Crippen LogP contribution is 2.23. The molecule has 0 unspecified atom stereocenters. The van der Waals surface area contributed by atoms with Crippen molar-refractivity contribution < 1.29 is 14.6 Å². The smallest absolute Gasteiger partial charge is 0.298 e. The first-order valence-corrected chi connectivity index (χ1v) is 4.13. The van der Waals surface area contributed by atoms with Crippen LogP contribution in [0, 0.1) is 0 Å². The van der Waals surface area contributed by atoms with Gasteiger partial charge in [0, 0.05) is 0 Å². The van der Waals surface area contributed by atoms with Crippen LogP contribution in [0.2, 0.25) is 0 Å². The Morgan fingerprint density at radius 1 is 1.07 bits per heavy atom. The molecule has 0 spiro atoms. The molecule has 0 radical (unpaired) electrons. The minimum Gasteiger partial charge on any atom is -0.508 e. The Hall–Kier alpha value is -2.03. The molecule has 0 aliphatic carbocycles. The standard InChI is InChI=1S/C11H8O3/c12-7-14-11-4-2-8-5-10(13)3-1-9(8)6-11/h1-7,13H. The van der Waals surface area contributed by atoms with Gasteiger partial charge in [0.15, 0.2) is 0 Å². The van der Waals surface area contributed by atoms with E-state index >= 15 is 0 Å². The summed E-state index contributed by atoms with van der Waals surface area (Å²) in [6.07, 6.45) is 0. The predicted octanol–water partition coefficient (Wildman–Crippen LogP) is 2.08. The maximum Gasteiger partial charge on any atom is 0.298 e. The third kappa shape index (κ3) is 1.52. The summed E-state index contributed by atoms with van der Waals surface area (Å²) in [7, 11) is 0. The van der Waals surface area contributed by atoms with Crippen LogP contribution in [0.3, 0.4) is 0 Å². The zero-order valence-electron chi connectivity index (χ0n) is 7.31. The van der Waals surface area contributed by atoms with Gasteiger partial charge in [-0.1, -0.05) is 12.1 Å². The summed E-state index contributed by atoms with van der Waals surface area (Å²) in [5, 5.41) is 11.0. The van der Waals surface area contributed by atoms with E-state index in [1.165, 1.54) is 0 Å². The van der Waals surface area contributed by atoms with Crippen molar-refractivity contribution in [3.05, 3.63) is 36.4 Å². The summed E-state index contributed by atoms with van der Waals surface area (Å²) < 4.78 is 4.70. The summed E-state index contributed by atoms with van der Waals surface area (Å²) in [6.45, 7) is 0.390. The molecule has 0 heterocycles. The van der Waals surface area contributed by atoms with Gasteiger partial charge in [-0.25, -0.2) is 0 Å². The van der Waals surface area contributed by atoms with Crippen LogP contribution in [0.4, 0.5) is 0 Å². The van der Waals surface area contributed by atoms with Gasteiger partial charge in [-0.15, -0.1) is 0 Å². The molecule has 0 aliphatic rings. The number of benzene rings is 2. The van der Waals surface area contributed by atoms with Crippen molar-refractivity contribution in [1.29, 1.82) is 0 Å². The molecule has 0 aliphatic heterocycles. The van der Waals surface area contributed by atoms with Crippen LogP contribution in [0.25, 0.3) is 10.8 Å². The second-order valence-corrected chi connectivity index (χ2v) is 2.91. The van der Waals surface area contributed by atoms with Crippen LogP contribution in [-0.4, -0.2) is 11.6 Å². The molecule has 0 fully saturated rings. The van der Waals surface area contributed by atoms with Gasteiger partial charge in [0.1, 0.15) is 11.5 Å². The first-order valence-electron chi connectivity index (χ1n) is 4.13. The predicted molar refractivity (Wildman–Crippen MR) is 52.3 cm³/mol. The van der Waals surface area contributed by atoms with Crippen LogP contribution in [0.15, 0.2) is 36.4 Å². The fraction of sp³-hybridized carbons (Fsp3) is 0. The van der Waals surface area contributed by atoms with Gasteiger partial charge >= 0.3 is 0 Å². The highest BCUT2D eigenvalue weighted by atomic mass is 16.5. The first-order chi connectivity index (χ1) is 6.79. The molecular weight excluding hydrogens is 180 g/mol. The van der Waals surface area contributed by atoms with E-state index in [1.54, 1.807) is 36.4 Å². The van der Waals surface area contributed by atoms with Gasteiger partial charge in [0.25, 0.3) is 6.47 Å². The third-order valence-corrected chi connectivity index (χ3v) is 1.98. The monoisotopic (exact) mass is 188 g/mol. The fourth-order valence-corrected chi connectivity index (χ4v) is 1.34. The van der Waals surface area contributed by atoms with Crippen LogP contribution in [-0.2, 0) is 4.79 Å². The largest absolute Gasteiger partial charge is 0.508 e. The van der Waals surface area contributed by atoms with E-state index < -0.39 is 0 Å². The summed E-state index contributed by atoms with van der Waals surface area (Å²) in [4.78, 5) is 10.1. The zero-order chi connectivity index (χ0) is 9.97. The maximum absolute atomic E-state index is 10.1. The van der Waals surface area contributed by atoms with Gasteiger partial charge < -0.3 is 9.84 Å². The van der Waals surface area contributed by atoms with Gasteiger partial charge in [-0.2, -0.15) is 0 Å². The number of carbonyl (C=O) groups is 1. The van der Waals surface area contributed by atoms with E-state index in [2.05, 4.69) is 0 Å². The van der Waals surface area contributed by atoms with Crippen LogP contribution in [0.1, 0.15) is 0 Å². The lowest BCUT2D eigenvalue weighted by atomic mass is 10.1. The Morgan fingerprint density at radius 3 is 2.57 bits per heavy atom. The lowest BCUT2D eigenvalue weighted by Gasteiger charge is -2.01. The second-order valence-electron chi connectivity index (χ2n) is 2.91. The van der Waals surface area contributed by atoms with Crippen molar-refractivity contribution in [2.75, 3.05) is 0 Å². The van der Waals surface area contributed by atoms with Crippen molar-refractivity contribution in [2.24, 2.45) is 0 Å². The molecule has 14 heavy (non-hydrogen) atoms. The Labute approximate surface area is 80.5 Å². The number of aromatic hydroxyl groups is 1. The highest BCUT2D eigenvalue weighted by molar-refractivity contribution is 5.85. The highest BCUT2D eigenvalue weighted by Gasteiger charge is 1.97. The third-order valence-electron chi connectivity index (χ3n) is 1.98. The van der Waals surface area contributed by atoms with Crippen molar-refractivity contribution in [1.82, 2.24) is 0 Å². The average Bonchev–Trinajstić information content (AvgIpc) is 2.19. The Balaban J connectivity index is 2.55. The molecule has 1 N–H and O–H groups in total. The normalized spacial score (nSPS) is 10.0. The number of hydrogen-bond acceptors (Lipinski definition) is 3.